The molecule has 1 heterocycles. The number of hydrogen-bond acceptors (Lipinski definition) is 5. The third-order valence-corrected chi connectivity index (χ3v) is 2.84. The number of likely N-dealkylation sites (N-methyl/N-ethyl adjacent to an activating group) is 1. The first kappa shape index (κ1) is 14.1. The number of aliphatic hydroxyl groups excluding tert-OH is 1. The molecule has 0 aliphatic heterocycles. The highest BCUT2D eigenvalue weighted by atomic mass is 16.5. The van der Waals surface area contributed by atoms with Crippen LogP contribution in [0, 0.1) is 0 Å². The van der Waals surface area contributed by atoms with E-state index in [2.05, 4.69) is 4.98 Å². The van der Waals surface area contributed by atoms with Gasteiger partial charge in [0.2, 0.25) is 0 Å². The first-order valence-electron chi connectivity index (χ1n) is 6.33. The van der Waals surface area contributed by atoms with E-state index in [0.717, 1.165) is 5.75 Å². The van der Waals surface area contributed by atoms with Crippen LogP contribution in [0.2, 0.25) is 0 Å². The van der Waals surface area contributed by atoms with Crippen molar-refractivity contribution < 1.29 is 14.6 Å². The Hall–Kier alpha value is -2.27. The zero-order valence-electron chi connectivity index (χ0n) is 11.6. The van der Waals surface area contributed by atoms with Crippen LogP contribution in [0.1, 0.15) is 0 Å². The van der Waals surface area contributed by atoms with E-state index >= 15 is 0 Å². The summed E-state index contributed by atoms with van der Waals surface area (Å²) in [4.78, 5) is 6.14. The topological polar surface area (TPSA) is 54.8 Å². The number of anilines is 1. The maximum Gasteiger partial charge on any atom is 0.171 e. The largest absolute Gasteiger partial charge is 0.497 e. The van der Waals surface area contributed by atoms with Crippen molar-refractivity contribution in [3.63, 3.8) is 0 Å². The molecule has 0 radical (unpaired) electrons. The molecule has 0 bridgehead atoms. The summed E-state index contributed by atoms with van der Waals surface area (Å²) in [5.41, 5.74) is 0. The van der Waals surface area contributed by atoms with Gasteiger partial charge in [-0.2, -0.15) is 0 Å². The molecule has 0 spiro atoms. The number of ether oxygens (including phenoxy) is 2. The van der Waals surface area contributed by atoms with Crippen molar-refractivity contribution in [3.05, 3.63) is 42.6 Å². The second-order valence-electron chi connectivity index (χ2n) is 4.25. The lowest BCUT2D eigenvalue weighted by molar-refractivity contribution is 0.303. The summed E-state index contributed by atoms with van der Waals surface area (Å²) in [6.07, 6.45) is 1.70. The van der Waals surface area contributed by atoms with E-state index in [9.17, 15) is 0 Å². The number of nitrogens with zero attached hydrogens (tertiary/aromatic N) is 2. The molecule has 0 amide bonds. The molecule has 0 aliphatic carbocycles. The van der Waals surface area contributed by atoms with Gasteiger partial charge in [0, 0.05) is 19.8 Å². The molecular formula is C15H18N2O3. The third-order valence-electron chi connectivity index (χ3n) is 2.84. The van der Waals surface area contributed by atoms with Gasteiger partial charge in [0.25, 0.3) is 0 Å². The Labute approximate surface area is 118 Å². The highest BCUT2D eigenvalue weighted by Gasteiger charge is 2.10. The molecule has 1 N–H and O–H groups in total. The van der Waals surface area contributed by atoms with Gasteiger partial charge in [-0.25, -0.2) is 4.98 Å². The highest BCUT2D eigenvalue weighted by molar-refractivity contribution is 5.53. The quantitative estimate of drug-likeness (QED) is 0.876. The van der Waals surface area contributed by atoms with Crippen molar-refractivity contribution in [1.82, 2.24) is 4.98 Å². The number of aromatic nitrogens is 1. The smallest absolute Gasteiger partial charge is 0.171 e. The molecule has 1 aromatic carbocycles. The summed E-state index contributed by atoms with van der Waals surface area (Å²) in [6, 6.07) is 11.0. The van der Waals surface area contributed by atoms with Crippen LogP contribution in [0.25, 0.3) is 0 Å². The van der Waals surface area contributed by atoms with E-state index in [1.807, 2.05) is 48.3 Å². The van der Waals surface area contributed by atoms with Gasteiger partial charge in [-0.3, -0.25) is 0 Å². The predicted octanol–water partition coefficient (Wildman–Crippen LogP) is 2.31. The number of rotatable bonds is 6. The molecule has 0 atom stereocenters. The summed E-state index contributed by atoms with van der Waals surface area (Å²) >= 11 is 0. The van der Waals surface area contributed by atoms with Crippen molar-refractivity contribution in [1.29, 1.82) is 0 Å². The maximum absolute atomic E-state index is 9.01. The van der Waals surface area contributed by atoms with Gasteiger partial charge in [0.05, 0.1) is 13.7 Å². The number of benzene rings is 1. The van der Waals surface area contributed by atoms with E-state index in [0.29, 0.717) is 23.9 Å². The van der Waals surface area contributed by atoms with Gasteiger partial charge < -0.3 is 19.5 Å². The Balaban J connectivity index is 2.19. The number of hydrogen-bond donors (Lipinski definition) is 1. The molecule has 20 heavy (non-hydrogen) atoms. The molecule has 0 aliphatic rings. The molecule has 2 rings (SSSR count). The third kappa shape index (κ3) is 3.39. The van der Waals surface area contributed by atoms with E-state index in [1.54, 1.807) is 13.3 Å². The Bertz CT molecular complexity index is 543. The number of aliphatic hydroxyl groups is 1. The van der Waals surface area contributed by atoms with Gasteiger partial charge in [-0.05, 0) is 36.4 Å². The van der Waals surface area contributed by atoms with Crippen molar-refractivity contribution in [2.75, 3.05) is 32.2 Å². The molecule has 106 valence electrons. The zero-order valence-corrected chi connectivity index (χ0v) is 11.6. The molecule has 0 fully saturated rings. The lowest BCUT2D eigenvalue weighted by Crippen LogP contribution is -2.22. The molecule has 0 saturated heterocycles. The summed E-state index contributed by atoms with van der Waals surface area (Å²) in [5, 5.41) is 9.01. The molecule has 0 unspecified atom stereocenters. The van der Waals surface area contributed by atoms with Crippen LogP contribution < -0.4 is 14.4 Å². The van der Waals surface area contributed by atoms with Crippen LogP contribution in [0.3, 0.4) is 0 Å². The predicted molar refractivity (Wildman–Crippen MR) is 77.7 cm³/mol. The van der Waals surface area contributed by atoms with Crippen LogP contribution in [0.15, 0.2) is 42.6 Å². The van der Waals surface area contributed by atoms with Gasteiger partial charge in [0.1, 0.15) is 11.5 Å². The van der Waals surface area contributed by atoms with Crippen molar-refractivity contribution in [2.24, 2.45) is 0 Å². The van der Waals surface area contributed by atoms with E-state index in [4.69, 9.17) is 14.6 Å². The highest BCUT2D eigenvalue weighted by Crippen LogP contribution is 2.30. The minimum atomic E-state index is 0.0645. The molecule has 5 heteroatoms. The molecule has 1 aromatic heterocycles. The minimum Gasteiger partial charge on any atom is -0.497 e. The maximum atomic E-state index is 9.01. The molecular weight excluding hydrogens is 256 g/mol. The summed E-state index contributed by atoms with van der Waals surface area (Å²) < 4.78 is 10.9. The molecule has 2 aromatic rings. The molecule has 5 nitrogen and oxygen atoms in total. The van der Waals surface area contributed by atoms with E-state index in [1.165, 1.54) is 0 Å². The molecule has 0 saturated carbocycles. The number of methoxy groups -OCH3 is 1. The van der Waals surface area contributed by atoms with Gasteiger partial charge >= 0.3 is 0 Å². The van der Waals surface area contributed by atoms with E-state index in [-0.39, 0.29) is 6.61 Å². The van der Waals surface area contributed by atoms with Crippen LogP contribution in [-0.4, -0.2) is 37.4 Å². The van der Waals surface area contributed by atoms with Crippen LogP contribution in [0.4, 0.5) is 5.82 Å². The van der Waals surface area contributed by atoms with Gasteiger partial charge in [-0.1, -0.05) is 0 Å². The van der Waals surface area contributed by atoms with Crippen molar-refractivity contribution in [2.45, 2.75) is 0 Å². The second-order valence-corrected chi connectivity index (χ2v) is 4.25. The average Bonchev–Trinajstić information content (AvgIpc) is 2.49. The summed E-state index contributed by atoms with van der Waals surface area (Å²) in [5.74, 6) is 2.82. The summed E-state index contributed by atoms with van der Waals surface area (Å²) in [7, 11) is 3.48. The van der Waals surface area contributed by atoms with Gasteiger partial charge in [0.15, 0.2) is 11.6 Å². The first-order chi connectivity index (χ1) is 9.74. The Kier molecular flexibility index (Phi) is 4.79. The summed E-state index contributed by atoms with van der Waals surface area (Å²) in [6.45, 7) is 0.561. The Morgan fingerprint density at radius 1 is 1.15 bits per heavy atom. The normalized spacial score (nSPS) is 10.2. The lowest BCUT2D eigenvalue weighted by Gasteiger charge is -2.19. The first-order valence-corrected chi connectivity index (χ1v) is 6.33. The van der Waals surface area contributed by atoms with Crippen molar-refractivity contribution in [3.8, 4) is 17.2 Å². The number of pyridine rings is 1. The fourth-order valence-electron chi connectivity index (χ4n) is 1.78. The Morgan fingerprint density at radius 2 is 1.85 bits per heavy atom. The van der Waals surface area contributed by atoms with E-state index < -0.39 is 0 Å². The zero-order chi connectivity index (χ0) is 14.4. The standard InChI is InChI=1S/C15H18N2O3/c1-17(10-11-18)15-14(4-3-9-16-15)20-13-7-5-12(19-2)6-8-13/h3-9,18H,10-11H2,1-2H3. The second kappa shape index (κ2) is 6.77. The van der Waals surface area contributed by atoms with Crippen LogP contribution in [0.5, 0.6) is 17.2 Å². The lowest BCUT2D eigenvalue weighted by atomic mass is 10.3. The van der Waals surface area contributed by atoms with Crippen LogP contribution >= 0.6 is 0 Å². The monoisotopic (exact) mass is 274 g/mol. The fraction of sp³-hybridized carbons (Fsp3) is 0.267. The average molecular weight is 274 g/mol. The van der Waals surface area contributed by atoms with Crippen molar-refractivity contribution >= 4 is 5.82 Å². The minimum absolute atomic E-state index is 0.0645. The Morgan fingerprint density at radius 3 is 2.50 bits per heavy atom. The van der Waals surface area contributed by atoms with Gasteiger partial charge in [-0.15, -0.1) is 0 Å². The van der Waals surface area contributed by atoms with Crippen LogP contribution in [-0.2, 0) is 0 Å². The fourth-order valence-corrected chi connectivity index (χ4v) is 1.78. The SMILES string of the molecule is COc1ccc(Oc2cccnc2N(C)CCO)cc1.